The SMILES string of the molecule is CC1CCC(Nc2ccc(-n3nccn3)cc2)CC1. The Hall–Kier alpha value is -1.84. The molecule has 1 aromatic carbocycles. The monoisotopic (exact) mass is 256 g/mol. The van der Waals surface area contributed by atoms with Crippen molar-refractivity contribution >= 4 is 5.69 Å². The molecular weight excluding hydrogens is 236 g/mol. The van der Waals surface area contributed by atoms with Crippen LogP contribution in [-0.2, 0) is 0 Å². The Bertz CT molecular complexity index is 495. The molecule has 1 N–H and O–H groups in total. The first-order chi connectivity index (χ1) is 9.31. The summed E-state index contributed by atoms with van der Waals surface area (Å²) in [5.74, 6) is 0.895. The highest BCUT2D eigenvalue weighted by Gasteiger charge is 2.17. The van der Waals surface area contributed by atoms with Gasteiger partial charge in [-0.3, -0.25) is 0 Å². The molecule has 2 aromatic rings. The number of nitrogens with zero attached hydrogens (tertiary/aromatic N) is 3. The van der Waals surface area contributed by atoms with Crippen molar-refractivity contribution in [3.8, 4) is 5.69 Å². The molecule has 1 aromatic heterocycles. The van der Waals surface area contributed by atoms with Gasteiger partial charge in [0.15, 0.2) is 0 Å². The number of benzene rings is 1. The van der Waals surface area contributed by atoms with Crippen LogP contribution >= 0.6 is 0 Å². The second kappa shape index (κ2) is 5.43. The van der Waals surface area contributed by atoms with Crippen LogP contribution in [0.3, 0.4) is 0 Å². The number of rotatable bonds is 3. The second-order valence-electron chi connectivity index (χ2n) is 5.47. The summed E-state index contributed by atoms with van der Waals surface area (Å²) in [6, 6.07) is 8.94. The molecule has 4 nitrogen and oxygen atoms in total. The molecule has 0 radical (unpaired) electrons. The van der Waals surface area contributed by atoms with E-state index in [2.05, 4.69) is 34.6 Å². The number of hydrogen-bond acceptors (Lipinski definition) is 3. The Balaban J connectivity index is 1.63. The fourth-order valence-electron chi connectivity index (χ4n) is 2.68. The predicted octanol–water partition coefficient (Wildman–Crippen LogP) is 3.26. The molecule has 19 heavy (non-hydrogen) atoms. The van der Waals surface area contributed by atoms with Gasteiger partial charge in [0.1, 0.15) is 0 Å². The molecule has 1 saturated carbocycles. The Labute approximate surface area is 113 Å². The summed E-state index contributed by atoms with van der Waals surface area (Å²) >= 11 is 0. The molecule has 1 fully saturated rings. The van der Waals surface area contributed by atoms with E-state index in [4.69, 9.17) is 0 Å². The summed E-state index contributed by atoms with van der Waals surface area (Å²) in [5.41, 5.74) is 2.18. The van der Waals surface area contributed by atoms with Crippen LogP contribution in [0.2, 0.25) is 0 Å². The van der Waals surface area contributed by atoms with Gasteiger partial charge in [0, 0.05) is 11.7 Å². The number of anilines is 1. The van der Waals surface area contributed by atoms with Crippen molar-refractivity contribution in [1.82, 2.24) is 15.0 Å². The third-order valence-corrected chi connectivity index (χ3v) is 3.90. The van der Waals surface area contributed by atoms with Gasteiger partial charge in [-0.25, -0.2) is 0 Å². The summed E-state index contributed by atoms with van der Waals surface area (Å²) in [6.45, 7) is 2.35. The number of hydrogen-bond donors (Lipinski definition) is 1. The molecule has 0 atom stereocenters. The lowest BCUT2D eigenvalue weighted by Crippen LogP contribution is -2.25. The van der Waals surface area contributed by atoms with Gasteiger partial charge < -0.3 is 5.32 Å². The second-order valence-corrected chi connectivity index (χ2v) is 5.47. The molecule has 0 aliphatic heterocycles. The number of aromatic nitrogens is 3. The molecule has 4 heteroatoms. The molecule has 3 rings (SSSR count). The van der Waals surface area contributed by atoms with E-state index in [1.54, 1.807) is 17.2 Å². The third-order valence-electron chi connectivity index (χ3n) is 3.90. The quantitative estimate of drug-likeness (QED) is 0.916. The maximum atomic E-state index is 4.13. The van der Waals surface area contributed by atoms with Crippen molar-refractivity contribution < 1.29 is 0 Å². The van der Waals surface area contributed by atoms with Gasteiger partial charge in [-0.15, -0.1) is 0 Å². The number of nitrogens with one attached hydrogen (secondary N) is 1. The minimum Gasteiger partial charge on any atom is -0.382 e. The Morgan fingerprint density at radius 2 is 1.63 bits per heavy atom. The minimum atomic E-state index is 0.630. The normalized spacial score (nSPS) is 23.2. The first-order valence-corrected chi connectivity index (χ1v) is 7.04. The van der Waals surface area contributed by atoms with Crippen molar-refractivity contribution in [2.24, 2.45) is 5.92 Å². The minimum absolute atomic E-state index is 0.630. The lowest BCUT2D eigenvalue weighted by molar-refractivity contribution is 0.361. The highest BCUT2D eigenvalue weighted by molar-refractivity contribution is 5.48. The molecule has 0 bridgehead atoms. The molecule has 100 valence electrons. The van der Waals surface area contributed by atoms with E-state index in [-0.39, 0.29) is 0 Å². The molecular formula is C15H20N4. The maximum absolute atomic E-state index is 4.13. The highest BCUT2D eigenvalue weighted by Crippen LogP contribution is 2.26. The van der Waals surface area contributed by atoms with Gasteiger partial charge in [0.25, 0.3) is 0 Å². The van der Waals surface area contributed by atoms with Crippen molar-refractivity contribution in [1.29, 1.82) is 0 Å². The lowest BCUT2D eigenvalue weighted by atomic mass is 9.87. The Morgan fingerprint density at radius 1 is 1.00 bits per heavy atom. The van der Waals surface area contributed by atoms with E-state index in [1.165, 1.54) is 31.4 Å². The predicted molar refractivity (Wildman–Crippen MR) is 76.4 cm³/mol. The Morgan fingerprint density at radius 3 is 2.26 bits per heavy atom. The van der Waals surface area contributed by atoms with Crippen molar-refractivity contribution in [2.75, 3.05) is 5.32 Å². The van der Waals surface area contributed by atoms with Gasteiger partial charge in [-0.2, -0.15) is 15.0 Å². The van der Waals surface area contributed by atoms with Gasteiger partial charge in [-0.05, 0) is 55.9 Å². The van der Waals surface area contributed by atoms with E-state index < -0.39 is 0 Å². The average molecular weight is 256 g/mol. The molecule has 1 heterocycles. The molecule has 1 aliphatic rings. The zero-order valence-electron chi connectivity index (χ0n) is 11.3. The van der Waals surface area contributed by atoms with Crippen LogP contribution in [-0.4, -0.2) is 21.0 Å². The van der Waals surface area contributed by atoms with Crippen molar-refractivity contribution in [3.63, 3.8) is 0 Å². The highest BCUT2D eigenvalue weighted by atomic mass is 15.5. The average Bonchev–Trinajstić information content (AvgIpc) is 2.96. The molecule has 0 spiro atoms. The van der Waals surface area contributed by atoms with Gasteiger partial charge in [0.05, 0.1) is 18.1 Å². The van der Waals surface area contributed by atoms with Gasteiger partial charge in [-0.1, -0.05) is 6.92 Å². The van der Waals surface area contributed by atoms with Crippen LogP contribution in [0.5, 0.6) is 0 Å². The topological polar surface area (TPSA) is 42.7 Å². The maximum Gasteiger partial charge on any atom is 0.0858 e. The van der Waals surface area contributed by atoms with Crippen LogP contribution in [0.4, 0.5) is 5.69 Å². The summed E-state index contributed by atoms with van der Waals surface area (Å²) < 4.78 is 0. The largest absolute Gasteiger partial charge is 0.382 e. The summed E-state index contributed by atoms with van der Waals surface area (Å²) in [4.78, 5) is 1.63. The fraction of sp³-hybridized carbons (Fsp3) is 0.467. The van der Waals surface area contributed by atoms with E-state index in [1.807, 2.05) is 12.1 Å². The summed E-state index contributed by atoms with van der Waals surface area (Å²) in [7, 11) is 0. The molecule has 0 saturated heterocycles. The standard InChI is InChI=1S/C15H20N4/c1-12-2-4-13(5-3-12)18-14-6-8-15(9-7-14)19-16-10-11-17-19/h6-13,18H,2-5H2,1H3. The lowest BCUT2D eigenvalue weighted by Gasteiger charge is -2.27. The van der Waals surface area contributed by atoms with Gasteiger partial charge >= 0.3 is 0 Å². The van der Waals surface area contributed by atoms with Crippen LogP contribution in [0.15, 0.2) is 36.7 Å². The van der Waals surface area contributed by atoms with Crippen LogP contribution < -0.4 is 5.32 Å². The Kier molecular flexibility index (Phi) is 3.49. The fourth-order valence-corrected chi connectivity index (χ4v) is 2.68. The van der Waals surface area contributed by atoms with E-state index >= 15 is 0 Å². The summed E-state index contributed by atoms with van der Waals surface area (Å²) in [6.07, 6.45) is 8.62. The molecule has 0 unspecified atom stereocenters. The van der Waals surface area contributed by atoms with Crippen LogP contribution in [0, 0.1) is 5.92 Å². The van der Waals surface area contributed by atoms with E-state index in [0.717, 1.165) is 11.6 Å². The van der Waals surface area contributed by atoms with Crippen LogP contribution in [0.25, 0.3) is 5.69 Å². The van der Waals surface area contributed by atoms with E-state index in [9.17, 15) is 0 Å². The van der Waals surface area contributed by atoms with Crippen molar-refractivity contribution in [2.45, 2.75) is 38.6 Å². The van der Waals surface area contributed by atoms with Crippen molar-refractivity contribution in [3.05, 3.63) is 36.7 Å². The molecule has 1 aliphatic carbocycles. The molecule has 0 amide bonds. The first-order valence-electron chi connectivity index (χ1n) is 7.04. The van der Waals surface area contributed by atoms with E-state index in [0.29, 0.717) is 6.04 Å². The first kappa shape index (κ1) is 12.2. The van der Waals surface area contributed by atoms with Gasteiger partial charge in [0.2, 0.25) is 0 Å². The zero-order chi connectivity index (χ0) is 13.1. The summed E-state index contributed by atoms with van der Waals surface area (Å²) in [5, 5.41) is 11.9. The third kappa shape index (κ3) is 2.95. The zero-order valence-corrected chi connectivity index (χ0v) is 11.3. The van der Waals surface area contributed by atoms with Crippen LogP contribution in [0.1, 0.15) is 32.6 Å². The smallest absolute Gasteiger partial charge is 0.0858 e.